The van der Waals surface area contributed by atoms with Crippen molar-refractivity contribution in [3.63, 3.8) is 0 Å². The van der Waals surface area contributed by atoms with Gasteiger partial charge >= 0.3 is 0 Å². The summed E-state index contributed by atoms with van der Waals surface area (Å²) >= 11 is 0. The second-order valence-electron chi connectivity index (χ2n) is 12.7. The molecule has 4 aliphatic carbocycles. The van der Waals surface area contributed by atoms with Gasteiger partial charge in [-0.2, -0.15) is 0 Å². The highest BCUT2D eigenvalue weighted by molar-refractivity contribution is 5.13. The van der Waals surface area contributed by atoms with E-state index >= 15 is 0 Å². The molecule has 4 saturated carbocycles. The van der Waals surface area contributed by atoms with Crippen LogP contribution in [0.3, 0.4) is 0 Å². The van der Waals surface area contributed by atoms with Crippen LogP contribution in [0.25, 0.3) is 0 Å². The smallest absolute Gasteiger partial charge is 0.0238 e. The molecule has 0 aromatic carbocycles. The average molecular weight is 345 g/mol. The van der Waals surface area contributed by atoms with Gasteiger partial charge in [0.15, 0.2) is 0 Å². The third-order valence-electron chi connectivity index (χ3n) is 11.0. The molecule has 4 aliphatic rings. The summed E-state index contributed by atoms with van der Waals surface area (Å²) in [5.41, 5.74) is 2.35. The average Bonchev–Trinajstić information content (AvgIpc) is 2.90. The molecular weight excluding hydrogens is 300 g/mol. The van der Waals surface area contributed by atoms with E-state index in [9.17, 15) is 0 Å². The van der Waals surface area contributed by atoms with Gasteiger partial charge in [0.25, 0.3) is 0 Å². The molecule has 0 heterocycles. The molecule has 3 unspecified atom stereocenters. The van der Waals surface area contributed by atoms with Crippen LogP contribution in [0.1, 0.15) is 106 Å². The molecule has 0 nitrogen and oxygen atoms in total. The van der Waals surface area contributed by atoms with E-state index in [1.54, 1.807) is 6.42 Å². The summed E-state index contributed by atoms with van der Waals surface area (Å²) in [5.74, 6) is 4.94. The Balaban J connectivity index is 1.67. The monoisotopic (exact) mass is 344 g/mol. The van der Waals surface area contributed by atoms with Crippen LogP contribution in [-0.2, 0) is 0 Å². The number of rotatable bonds is 0. The summed E-state index contributed by atoms with van der Waals surface area (Å²) in [7, 11) is 0. The summed E-state index contributed by atoms with van der Waals surface area (Å²) < 4.78 is 0. The first-order chi connectivity index (χ1) is 11.5. The van der Waals surface area contributed by atoms with Crippen LogP contribution < -0.4 is 0 Å². The standard InChI is InChI=1S/C25H44/c1-17-15-19-20-9-8-12-23(20,5)13-11-21(19)24(6)14-10-18(22(2,3)4)16-25(17,24)7/h17-21H,8-16H2,1-7H3/t17?,18?,19-,20-,21-,23-,24+,25?/m0/s1. The molecule has 4 fully saturated rings. The highest BCUT2D eigenvalue weighted by Gasteiger charge is 2.64. The van der Waals surface area contributed by atoms with E-state index in [2.05, 4.69) is 48.5 Å². The van der Waals surface area contributed by atoms with Crippen molar-refractivity contribution in [3.8, 4) is 0 Å². The lowest BCUT2D eigenvalue weighted by Gasteiger charge is -2.68. The van der Waals surface area contributed by atoms with Gasteiger partial charge in [-0.15, -0.1) is 0 Å². The van der Waals surface area contributed by atoms with Crippen LogP contribution in [0, 0.1) is 51.2 Å². The largest absolute Gasteiger partial charge is 0.0620 e. The fourth-order valence-corrected chi connectivity index (χ4v) is 8.79. The summed E-state index contributed by atoms with van der Waals surface area (Å²) in [5, 5.41) is 0. The zero-order valence-corrected chi connectivity index (χ0v) is 18.3. The lowest BCUT2D eigenvalue weighted by Crippen LogP contribution is -2.60. The third-order valence-corrected chi connectivity index (χ3v) is 11.0. The lowest BCUT2D eigenvalue weighted by atomic mass is 9.37. The van der Waals surface area contributed by atoms with E-state index < -0.39 is 0 Å². The predicted octanol–water partition coefficient (Wildman–Crippen LogP) is 7.72. The van der Waals surface area contributed by atoms with E-state index in [0.717, 1.165) is 29.6 Å². The molecule has 0 heteroatoms. The summed E-state index contributed by atoms with van der Waals surface area (Å²) in [6.45, 7) is 18.2. The molecule has 0 saturated heterocycles. The van der Waals surface area contributed by atoms with Crippen molar-refractivity contribution in [2.45, 2.75) is 106 Å². The Morgan fingerprint density at radius 1 is 0.800 bits per heavy atom. The third kappa shape index (κ3) is 2.44. The first-order valence-corrected chi connectivity index (χ1v) is 11.5. The first kappa shape index (κ1) is 18.4. The fraction of sp³-hybridized carbons (Fsp3) is 1.00. The highest BCUT2D eigenvalue weighted by atomic mass is 14.7. The van der Waals surface area contributed by atoms with E-state index in [0.29, 0.717) is 21.7 Å². The Hall–Kier alpha value is 0. The van der Waals surface area contributed by atoms with Crippen molar-refractivity contribution in [2.75, 3.05) is 0 Å². The second-order valence-corrected chi connectivity index (χ2v) is 12.7. The molecule has 25 heavy (non-hydrogen) atoms. The Bertz CT molecular complexity index is 527. The zero-order valence-electron chi connectivity index (χ0n) is 18.3. The Kier molecular flexibility index (Phi) is 4.05. The molecule has 8 atom stereocenters. The van der Waals surface area contributed by atoms with Crippen molar-refractivity contribution < 1.29 is 0 Å². The molecule has 0 aliphatic heterocycles. The topological polar surface area (TPSA) is 0 Å². The van der Waals surface area contributed by atoms with E-state index in [4.69, 9.17) is 0 Å². The Morgan fingerprint density at radius 2 is 1.52 bits per heavy atom. The normalized spacial score (nSPS) is 56.0. The maximum absolute atomic E-state index is 2.75. The van der Waals surface area contributed by atoms with Gasteiger partial charge in [0.05, 0.1) is 0 Å². The minimum atomic E-state index is 0.484. The fourth-order valence-electron chi connectivity index (χ4n) is 8.79. The van der Waals surface area contributed by atoms with Gasteiger partial charge < -0.3 is 0 Å². The second kappa shape index (κ2) is 5.51. The molecule has 0 amide bonds. The minimum Gasteiger partial charge on any atom is -0.0620 e. The summed E-state index contributed by atoms with van der Waals surface area (Å²) in [6, 6.07) is 0. The first-order valence-electron chi connectivity index (χ1n) is 11.5. The minimum absolute atomic E-state index is 0.484. The van der Waals surface area contributed by atoms with E-state index in [1.807, 2.05) is 0 Å². The van der Waals surface area contributed by atoms with Crippen molar-refractivity contribution in [2.24, 2.45) is 51.2 Å². The van der Waals surface area contributed by atoms with Gasteiger partial charge in [0.2, 0.25) is 0 Å². The number of hydrogen-bond donors (Lipinski definition) is 0. The summed E-state index contributed by atoms with van der Waals surface area (Å²) in [6.07, 6.45) is 13.6. The maximum atomic E-state index is 2.75. The summed E-state index contributed by atoms with van der Waals surface area (Å²) in [4.78, 5) is 0. The quantitative estimate of drug-likeness (QED) is 0.422. The van der Waals surface area contributed by atoms with Gasteiger partial charge in [-0.1, -0.05) is 54.9 Å². The van der Waals surface area contributed by atoms with Gasteiger partial charge in [-0.3, -0.25) is 0 Å². The van der Waals surface area contributed by atoms with Gasteiger partial charge in [0.1, 0.15) is 0 Å². The molecule has 4 rings (SSSR count). The van der Waals surface area contributed by atoms with Crippen LogP contribution in [0.4, 0.5) is 0 Å². The Labute approximate surface area is 157 Å². The highest BCUT2D eigenvalue weighted by Crippen LogP contribution is 2.72. The van der Waals surface area contributed by atoms with Crippen molar-refractivity contribution in [1.29, 1.82) is 0 Å². The molecule has 0 spiro atoms. The number of hydrogen-bond acceptors (Lipinski definition) is 0. The maximum Gasteiger partial charge on any atom is -0.0238 e. The number of fused-ring (bicyclic) bond motifs is 5. The van der Waals surface area contributed by atoms with Gasteiger partial charge in [-0.05, 0) is 103 Å². The Morgan fingerprint density at radius 3 is 2.20 bits per heavy atom. The van der Waals surface area contributed by atoms with Gasteiger partial charge in [-0.25, -0.2) is 0 Å². The molecule has 144 valence electrons. The van der Waals surface area contributed by atoms with Crippen LogP contribution in [0.15, 0.2) is 0 Å². The van der Waals surface area contributed by atoms with E-state index in [1.165, 1.54) is 51.4 Å². The van der Waals surface area contributed by atoms with Crippen molar-refractivity contribution in [3.05, 3.63) is 0 Å². The van der Waals surface area contributed by atoms with E-state index in [-0.39, 0.29) is 0 Å². The molecule has 0 aromatic heterocycles. The molecule has 0 radical (unpaired) electrons. The predicted molar refractivity (Wildman–Crippen MR) is 108 cm³/mol. The van der Waals surface area contributed by atoms with Crippen LogP contribution in [-0.4, -0.2) is 0 Å². The van der Waals surface area contributed by atoms with Crippen LogP contribution in [0.5, 0.6) is 0 Å². The zero-order chi connectivity index (χ0) is 18.3. The molecule has 0 bridgehead atoms. The SMILES string of the molecule is CC1C[C@H]2[C@@H]3CCC[C@@]3(C)CC[C@@H]2[C@@]2(C)CCC(C(C)(C)C)CC12C. The van der Waals surface area contributed by atoms with Gasteiger partial charge in [0, 0.05) is 0 Å². The molecule has 0 aromatic rings. The van der Waals surface area contributed by atoms with Crippen molar-refractivity contribution >= 4 is 0 Å². The molecule has 0 N–H and O–H groups in total. The lowest BCUT2D eigenvalue weighted by molar-refractivity contribution is -0.190. The molecular formula is C25H44. The van der Waals surface area contributed by atoms with Crippen LogP contribution in [0.2, 0.25) is 0 Å². The van der Waals surface area contributed by atoms with Crippen molar-refractivity contribution in [1.82, 2.24) is 0 Å². The van der Waals surface area contributed by atoms with Crippen LogP contribution >= 0.6 is 0 Å².